The van der Waals surface area contributed by atoms with Gasteiger partial charge in [-0.05, 0) is 111 Å². The first-order valence-corrected chi connectivity index (χ1v) is 21.7. The van der Waals surface area contributed by atoms with Crippen LogP contribution in [-0.2, 0) is 0 Å². The summed E-state index contributed by atoms with van der Waals surface area (Å²) < 4.78 is 6.68. The normalized spacial score (nSPS) is 13.2. The van der Waals surface area contributed by atoms with Gasteiger partial charge in [-0.1, -0.05) is 164 Å². The minimum Gasteiger partial charge on any atom is -0.455 e. The number of nitrogens with zero attached hydrogens (tertiary/aromatic N) is 1. The maximum Gasteiger partial charge on any atom is 0.140 e. The minimum absolute atomic E-state index is 0.907. The van der Waals surface area contributed by atoms with Gasteiger partial charge < -0.3 is 9.64 Å². The lowest BCUT2D eigenvalue weighted by Crippen LogP contribution is -2.13. The van der Waals surface area contributed by atoms with Gasteiger partial charge in [0.2, 0.25) is 0 Å². The molecule has 0 saturated heterocycles. The van der Waals surface area contributed by atoms with Gasteiger partial charge in [0, 0.05) is 36.3 Å². The Morgan fingerprint density at radius 3 is 1.53 bits per heavy atom. The Labute approximate surface area is 346 Å². The van der Waals surface area contributed by atoms with Crippen molar-refractivity contribution in [3.05, 3.63) is 237 Å². The van der Waals surface area contributed by atoms with Gasteiger partial charge in [-0.2, -0.15) is 0 Å². The number of ether oxygens (including phenoxy) is 1. The molecule has 1 heterocycles. The summed E-state index contributed by atoms with van der Waals surface area (Å²) in [5, 5.41) is 4.89. The highest BCUT2D eigenvalue weighted by atomic mass is 32.3. The maximum atomic E-state index is 6.68. The van der Waals surface area contributed by atoms with Crippen molar-refractivity contribution >= 4 is 48.6 Å². The Kier molecular flexibility index (Phi) is 8.61. The van der Waals surface area contributed by atoms with Crippen LogP contribution in [0.1, 0.15) is 0 Å². The van der Waals surface area contributed by atoms with E-state index in [0.29, 0.717) is 0 Å². The zero-order valence-electron chi connectivity index (χ0n) is 32.3. The van der Waals surface area contributed by atoms with Crippen LogP contribution in [0.3, 0.4) is 0 Å². The topological polar surface area (TPSA) is 12.5 Å². The molecule has 0 saturated carbocycles. The van der Waals surface area contributed by atoms with E-state index in [-0.39, 0.29) is 0 Å². The van der Waals surface area contributed by atoms with E-state index in [0.717, 1.165) is 28.6 Å². The van der Waals surface area contributed by atoms with E-state index in [2.05, 4.69) is 241 Å². The molecule has 1 aliphatic rings. The van der Waals surface area contributed by atoms with E-state index in [1.807, 2.05) is 0 Å². The van der Waals surface area contributed by atoms with Crippen molar-refractivity contribution in [2.75, 3.05) is 4.90 Å². The van der Waals surface area contributed by atoms with Gasteiger partial charge in [-0.15, -0.1) is 10.0 Å². The third kappa shape index (κ3) is 5.81. The quantitative estimate of drug-likeness (QED) is 0.160. The number of hydrogen-bond donors (Lipinski definition) is 0. The van der Waals surface area contributed by atoms with E-state index in [4.69, 9.17) is 4.74 Å². The molecule has 0 amide bonds. The summed E-state index contributed by atoms with van der Waals surface area (Å²) in [5.41, 5.74) is 8.10. The van der Waals surface area contributed by atoms with E-state index in [1.54, 1.807) is 0 Å². The summed E-state index contributed by atoms with van der Waals surface area (Å²) in [7, 11) is -2.01. The van der Waals surface area contributed by atoms with Crippen LogP contribution >= 0.6 is 10.0 Å². The number of hydrogen-bond acceptors (Lipinski definition) is 2. The van der Waals surface area contributed by atoms with Gasteiger partial charge in [0.15, 0.2) is 0 Å². The predicted molar refractivity (Wildman–Crippen MR) is 247 cm³/mol. The summed E-state index contributed by atoms with van der Waals surface area (Å²) >= 11 is 0. The zero-order chi connectivity index (χ0) is 39.2. The number of benzene rings is 10. The zero-order valence-corrected chi connectivity index (χ0v) is 33.1. The van der Waals surface area contributed by atoms with Crippen molar-refractivity contribution in [3.63, 3.8) is 0 Å². The average molecular weight is 774 g/mol. The first kappa shape index (κ1) is 34.9. The fourth-order valence-electron chi connectivity index (χ4n) is 8.91. The third-order valence-corrected chi connectivity index (χ3v) is 15.6. The molecule has 0 N–H and O–H groups in total. The van der Waals surface area contributed by atoms with Crippen LogP contribution in [0, 0.1) is 0 Å². The number of fused-ring (bicyclic) bond motifs is 4. The first-order chi connectivity index (χ1) is 29.3. The Morgan fingerprint density at radius 2 is 0.814 bits per heavy atom. The van der Waals surface area contributed by atoms with Crippen LogP contribution in [-0.4, -0.2) is 0 Å². The second-order valence-corrected chi connectivity index (χ2v) is 17.9. The second-order valence-electron chi connectivity index (χ2n) is 14.9. The average Bonchev–Trinajstić information content (AvgIpc) is 3.32. The lowest BCUT2D eigenvalue weighted by molar-refractivity contribution is 0.452. The molecule has 0 bridgehead atoms. The van der Waals surface area contributed by atoms with Crippen LogP contribution in [0.25, 0.3) is 43.8 Å². The second kappa shape index (κ2) is 14.6. The Bertz CT molecular complexity index is 3070. The smallest absolute Gasteiger partial charge is 0.140 e. The molecule has 1 aliphatic heterocycles. The Balaban J connectivity index is 1.14. The highest BCUT2D eigenvalue weighted by Gasteiger charge is 2.41. The van der Waals surface area contributed by atoms with Crippen LogP contribution in [0.15, 0.2) is 256 Å². The van der Waals surface area contributed by atoms with Crippen molar-refractivity contribution < 1.29 is 4.74 Å². The molecule has 3 heteroatoms. The molecule has 2 nitrogen and oxygen atoms in total. The van der Waals surface area contributed by atoms with E-state index in [9.17, 15) is 0 Å². The molecular formula is C56H39NOS. The third-order valence-electron chi connectivity index (χ3n) is 11.6. The van der Waals surface area contributed by atoms with Crippen molar-refractivity contribution in [2.45, 2.75) is 19.6 Å². The predicted octanol–water partition coefficient (Wildman–Crippen LogP) is 16.2. The summed E-state index contributed by atoms with van der Waals surface area (Å²) in [6.45, 7) is 0. The largest absolute Gasteiger partial charge is 0.455 e. The molecule has 0 radical (unpaired) electrons. The molecule has 0 aliphatic carbocycles. The molecule has 0 aromatic heterocycles. The van der Waals surface area contributed by atoms with E-state index in [1.165, 1.54) is 63.4 Å². The highest BCUT2D eigenvalue weighted by molar-refractivity contribution is 8.34. The SMILES string of the molecule is c1ccc(-c2ccc(N(c3ccc(-c4cccc5ccccc45)cc3)c3cccc4c(S5(c6ccccc6)c6ccccc6Oc6ccccc65)cccc34)cc2)cc1. The van der Waals surface area contributed by atoms with Crippen molar-refractivity contribution in [2.24, 2.45) is 0 Å². The van der Waals surface area contributed by atoms with Crippen LogP contribution in [0.2, 0.25) is 0 Å². The number of rotatable bonds is 7. The molecule has 0 spiro atoms. The van der Waals surface area contributed by atoms with Crippen LogP contribution in [0.4, 0.5) is 17.1 Å². The molecule has 0 fully saturated rings. The van der Waals surface area contributed by atoms with Crippen molar-refractivity contribution in [3.8, 4) is 33.8 Å². The standard InChI is InChI=1S/C56H39NOS/c1-3-16-40(17-4-1)41-32-36-44(37-33-41)57(45-38-34-43(35-39-45)48-23-13-19-42-18-7-8-22-47(42)48)51-26-14-25-50-49(51)24-15-31-54(50)59(46-20-5-2-6-21-46)55-29-11-9-27-52(55)58-53-28-10-12-30-56(53)59/h1-39H. The highest BCUT2D eigenvalue weighted by Crippen LogP contribution is 2.79. The van der Waals surface area contributed by atoms with Crippen molar-refractivity contribution in [1.29, 1.82) is 0 Å². The summed E-state index contributed by atoms with van der Waals surface area (Å²) in [4.78, 5) is 7.40. The number of para-hydroxylation sites is 2. The lowest BCUT2D eigenvalue weighted by Gasteiger charge is -2.46. The fourth-order valence-corrected chi connectivity index (χ4v) is 13.1. The van der Waals surface area contributed by atoms with Crippen LogP contribution < -0.4 is 9.64 Å². The molecule has 11 rings (SSSR count). The van der Waals surface area contributed by atoms with E-state index >= 15 is 0 Å². The molecule has 10 aromatic carbocycles. The molecule has 0 atom stereocenters. The molecule has 10 aromatic rings. The maximum absolute atomic E-state index is 6.68. The summed E-state index contributed by atoms with van der Waals surface area (Å²) in [5.74, 6) is 1.81. The van der Waals surface area contributed by atoms with Gasteiger partial charge in [0.25, 0.3) is 0 Å². The summed E-state index contributed by atoms with van der Waals surface area (Å²) in [6, 6.07) is 85.9. The molecule has 59 heavy (non-hydrogen) atoms. The van der Waals surface area contributed by atoms with Gasteiger partial charge >= 0.3 is 0 Å². The van der Waals surface area contributed by atoms with Gasteiger partial charge in [0.1, 0.15) is 11.5 Å². The molecular weight excluding hydrogens is 735 g/mol. The summed E-state index contributed by atoms with van der Waals surface area (Å²) in [6.07, 6.45) is 0. The molecule has 0 unspecified atom stereocenters. The van der Waals surface area contributed by atoms with Gasteiger partial charge in [0.05, 0.1) is 5.69 Å². The van der Waals surface area contributed by atoms with Gasteiger partial charge in [-0.3, -0.25) is 0 Å². The van der Waals surface area contributed by atoms with Crippen LogP contribution in [0.5, 0.6) is 11.5 Å². The minimum atomic E-state index is -2.01. The van der Waals surface area contributed by atoms with E-state index < -0.39 is 10.0 Å². The molecule has 280 valence electrons. The number of anilines is 3. The monoisotopic (exact) mass is 773 g/mol. The fraction of sp³-hybridized carbons (Fsp3) is 0. The van der Waals surface area contributed by atoms with Gasteiger partial charge in [-0.25, -0.2) is 0 Å². The van der Waals surface area contributed by atoms with Crippen molar-refractivity contribution in [1.82, 2.24) is 0 Å². The Morgan fingerprint density at radius 1 is 0.322 bits per heavy atom. The Hall–Kier alpha value is -7.33. The first-order valence-electron chi connectivity index (χ1n) is 20.1. The lowest BCUT2D eigenvalue weighted by atomic mass is 9.98.